The third kappa shape index (κ3) is 9.85. The lowest BCUT2D eigenvalue weighted by atomic mass is 10.1. The topological polar surface area (TPSA) is 111 Å². The molecule has 1 unspecified atom stereocenters. The molecule has 0 rings (SSSR count). The molecule has 7 nitrogen and oxygen atoms in total. The first-order valence-corrected chi connectivity index (χ1v) is 6.38. The number of hydrogen-bond donors (Lipinski definition) is 3. The van der Waals surface area contributed by atoms with Crippen LogP contribution in [0.5, 0.6) is 0 Å². The summed E-state index contributed by atoms with van der Waals surface area (Å²) in [4.78, 5) is 34.0. The van der Waals surface area contributed by atoms with Gasteiger partial charge in [0.25, 0.3) is 5.91 Å². The predicted molar refractivity (Wildman–Crippen MR) is 76.6 cm³/mol. The van der Waals surface area contributed by atoms with Crippen molar-refractivity contribution in [3.8, 4) is 24.7 Å². The van der Waals surface area contributed by atoms with Crippen molar-refractivity contribution in [1.29, 1.82) is 0 Å². The predicted octanol–water partition coefficient (Wildman–Crippen LogP) is -0.490. The van der Waals surface area contributed by atoms with Crippen molar-refractivity contribution >= 4 is 17.9 Å². The Labute approximate surface area is 124 Å². The maximum atomic E-state index is 11.8. The smallest absolute Gasteiger partial charge is 0.405 e. The Morgan fingerprint density at radius 2 is 1.67 bits per heavy atom. The number of amides is 3. The first-order valence-electron chi connectivity index (χ1n) is 6.38. The molecule has 0 aromatic heterocycles. The van der Waals surface area contributed by atoms with Crippen LogP contribution in [0.3, 0.4) is 0 Å². The number of primary amides is 1. The summed E-state index contributed by atoms with van der Waals surface area (Å²) >= 11 is 0. The number of ether oxygens (including phenoxy) is 1. The van der Waals surface area contributed by atoms with E-state index in [0.717, 1.165) is 0 Å². The molecular weight excluding hydrogens is 274 g/mol. The van der Waals surface area contributed by atoms with Crippen molar-refractivity contribution in [2.75, 3.05) is 13.1 Å². The first kappa shape index (κ1) is 18.3. The molecule has 0 aliphatic carbocycles. The number of rotatable bonds is 9. The van der Waals surface area contributed by atoms with Crippen molar-refractivity contribution in [3.63, 3.8) is 0 Å². The number of nitrogens with one attached hydrogen (secondary N) is 2. The molecule has 0 aromatic carbocycles. The molecule has 3 amide bonds. The van der Waals surface area contributed by atoms with E-state index in [0.29, 0.717) is 19.4 Å². The third-order valence-corrected chi connectivity index (χ3v) is 2.34. The molecule has 0 fully saturated rings. The second-order valence-electron chi connectivity index (χ2n) is 4.01. The normalized spacial score (nSPS) is 10.6. The summed E-state index contributed by atoms with van der Waals surface area (Å²) in [5.41, 5.74) is 4.89. The Morgan fingerprint density at radius 1 is 1.10 bits per heavy atom. The molecular formula is C14H19N3O4. The monoisotopic (exact) mass is 293 g/mol. The second kappa shape index (κ2) is 11.2. The Balaban J connectivity index is 4.26. The van der Waals surface area contributed by atoms with E-state index < -0.39 is 18.1 Å². The van der Waals surface area contributed by atoms with Gasteiger partial charge in [-0.15, -0.1) is 24.7 Å². The van der Waals surface area contributed by atoms with E-state index in [1.807, 2.05) is 0 Å². The van der Waals surface area contributed by atoms with Gasteiger partial charge in [-0.25, -0.2) is 4.79 Å². The summed E-state index contributed by atoms with van der Waals surface area (Å²) in [5.74, 6) is 3.90. The van der Waals surface area contributed by atoms with E-state index >= 15 is 0 Å². The molecule has 0 saturated carbocycles. The van der Waals surface area contributed by atoms with Gasteiger partial charge in [0.05, 0.1) is 0 Å². The van der Waals surface area contributed by atoms with Gasteiger partial charge >= 0.3 is 6.09 Å². The maximum absolute atomic E-state index is 11.8. The standard InChI is InChI=1S/C14H19N3O4/c1-3-5-9-16-12(18)8-7-11(21-14(15)20)13(19)17-10-6-4-2/h1-2,11H,5-10H2,(H2,15,20)(H,16,18)(H,17,19). The van der Waals surface area contributed by atoms with E-state index in [1.54, 1.807) is 0 Å². The summed E-state index contributed by atoms with van der Waals surface area (Å²) in [6.45, 7) is 0.605. The number of carbonyl (C=O) groups excluding carboxylic acids is 3. The zero-order valence-electron chi connectivity index (χ0n) is 11.7. The van der Waals surface area contributed by atoms with Crippen LogP contribution in [0.1, 0.15) is 25.7 Å². The SMILES string of the molecule is C#CCCNC(=O)CCC(OC(N)=O)C(=O)NCCC#C. The van der Waals surface area contributed by atoms with Gasteiger partial charge < -0.3 is 21.1 Å². The average molecular weight is 293 g/mol. The molecule has 21 heavy (non-hydrogen) atoms. The van der Waals surface area contributed by atoms with Crippen molar-refractivity contribution in [2.45, 2.75) is 31.8 Å². The molecule has 0 radical (unpaired) electrons. The Hall–Kier alpha value is -2.67. The van der Waals surface area contributed by atoms with Gasteiger partial charge in [0.2, 0.25) is 5.91 Å². The summed E-state index contributed by atoms with van der Waals surface area (Å²) < 4.78 is 4.68. The van der Waals surface area contributed by atoms with Gasteiger partial charge in [0, 0.05) is 38.8 Å². The van der Waals surface area contributed by atoms with Crippen molar-refractivity contribution < 1.29 is 19.1 Å². The van der Waals surface area contributed by atoms with Gasteiger partial charge in [-0.3, -0.25) is 9.59 Å². The zero-order chi connectivity index (χ0) is 16.1. The molecule has 0 aromatic rings. The molecule has 1 atom stereocenters. The van der Waals surface area contributed by atoms with Gasteiger partial charge in [-0.05, 0) is 0 Å². The molecule has 4 N–H and O–H groups in total. The van der Waals surface area contributed by atoms with Crippen LogP contribution in [0.15, 0.2) is 0 Å². The Bertz CT molecular complexity index is 448. The van der Waals surface area contributed by atoms with Crippen LogP contribution in [0.2, 0.25) is 0 Å². The van der Waals surface area contributed by atoms with E-state index in [2.05, 4.69) is 27.2 Å². The van der Waals surface area contributed by atoms with Crippen LogP contribution in [-0.4, -0.2) is 37.1 Å². The zero-order valence-corrected chi connectivity index (χ0v) is 11.7. The number of terminal acetylenes is 2. The molecule has 0 spiro atoms. The summed E-state index contributed by atoms with van der Waals surface area (Å²) in [6.07, 6.45) is 8.69. The van der Waals surface area contributed by atoms with Crippen LogP contribution < -0.4 is 16.4 Å². The van der Waals surface area contributed by atoms with Gasteiger partial charge in [-0.1, -0.05) is 0 Å². The van der Waals surface area contributed by atoms with E-state index in [1.165, 1.54) is 0 Å². The van der Waals surface area contributed by atoms with Crippen molar-refractivity contribution in [2.24, 2.45) is 5.73 Å². The lowest BCUT2D eigenvalue weighted by Gasteiger charge is -2.15. The minimum absolute atomic E-state index is 0.00504. The third-order valence-electron chi connectivity index (χ3n) is 2.34. The van der Waals surface area contributed by atoms with Gasteiger partial charge in [0.1, 0.15) is 0 Å². The maximum Gasteiger partial charge on any atom is 0.405 e. The fraction of sp³-hybridized carbons (Fsp3) is 0.500. The highest BCUT2D eigenvalue weighted by Crippen LogP contribution is 2.03. The average Bonchev–Trinajstić information content (AvgIpc) is 2.43. The minimum atomic E-state index is -1.13. The fourth-order valence-electron chi connectivity index (χ4n) is 1.38. The number of nitrogens with two attached hydrogens (primary N) is 1. The highest BCUT2D eigenvalue weighted by Gasteiger charge is 2.22. The highest BCUT2D eigenvalue weighted by atomic mass is 16.6. The van der Waals surface area contributed by atoms with Crippen LogP contribution in [0.4, 0.5) is 4.79 Å². The molecule has 114 valence electrons. The van der Waals surface area contributed by atoms with Crippen LogP contribution in [-0.2, 0) is 14.3 Å². The molecule has 0 saturated heterocycles. The molecule has 7 heteroatoms. The van der Waals surface area contributed by atoms with E-state index in [4.69, 9.17) is 18.6 Å². The second-order valence-corrected chi connectivity index (χ2v) is 4.01. The van der Waals surface area contributed by atoms with Crippen LogP contribution in [0.25, 0.3) is 0 Å². The fourth-order valence-corrected chi connectivity index (χ4v) is 1.38. The van der Waals surface area contributed by atoms with Crippen molar-refractivity contribution in [3.05, 3.63) is 0 Å². The van der Waals surface area contributed by atoms with Crippen LogP contribution in [0, 0.1) is 24.7 Å². The number of hydrogen-bond acceptors (Lipinski definition) is 4. The number of carbonyl (C=O) groups is 3. The van der Waals surface area contributed by atoms with Gasteiger partial charge in [0.15, 0.2) is 6.10 Å². The van der Waals surface area contributed by atoms with Crippen LogP contribution >= 0.6 is 0 Å². The first-order chi connectivity index (χ1) is 10.0. The Kier molecular flexibility index (Phi) is 9.76. The van der Waals surface area contributed by atoms with E-state index in [9.17, 15) is 14.4 Å². The molecule has 0 aliphatic heterocycles. The summed E-state index contributed by atoms with van der Waals surface area (Å²) in [5, 5.41) is 5.06. The Morgan fingerprint density at radius 3 is 2.19 bits per heavy atom. The minimum Gasteiger partial charge on any atom is -0.436 e. The largest absolute Gasteiger partial charge is 0.436 e. The summed E-state index contributed by atoms with van der Waals surface area (Å²) in [7, 11) is 0. The lowest BCUT2D eigenvalue weighted by Crippen LogP contribution is -2.40. The molecule has 0 bridgehead atoms. The molecule has 0 heterocycles. The lowest BCUT2D eigenvalue weighted by molar-refractivity contribution is -0.130. The summed E-state index contributed by atoms with van der Waals surface area (Å²) in [6, 6.07) is 0. The van der Waals surface area contributed by atoms with Crippen molar-refractivity contribution in [1.82, 2.24) is 10.6 Å². The van der Waals surface area contributed by atoms with Gasteiger partial charge in [-0.2, -0.15) is 0 Å². The highest BCUT2D eigenvalue weighted by molar-refractivity contribution is 5.84. The quantitative estimate of drug-likeness (QED) is 0.393. The molecule has 0 aliphatic rings. The van der Waals surface area contributed by atoms with E-state index in [-0.39, 0.29) is 25.3 Å².